The highest BCUT2D eigenvalue weighted by molar-refractivity contribution is 6.48. The fourth-order valence-electron chi connectivity index (χ4n) is 7.01. The van der Waals surface area contributed by atoms with E-state index in [9.17, 15) is 5.11 Å². The molecule has 0 radical (unpaired) electrons. The maximum atomic E-state index is 11.6. The van der Waals surface area contributed by atoms with E-state index in [-0.39, 0.29) is 0 Å². The quantitative estimate of drug-likeness (QED) is 0.105. The number of aliphatic hydroxyl groups is 1. The van der Waals surface area contributed by atoms with Crippen molar-refractivity contribution in [3.63, 3.8) is 0 Å². The zero-order chi connectivity index (χ0) is 33.4. The lowest BCUT2D eigenvalue weighted by atomic mass is 9.68. The number of benzene rings is 5. The van der Waals surface area contributed by atoms with E-state index in [1.165, 1.54) is 0 Å². The number of hydrogen-bond donors (Lipinski definition) is 1. The van der Waals surface area contributed by atoms with Gasteiger partial charge in [0.1, 0.15) is 23.4 Å². The third-order valence-electron chi connectivity index (χ3n) is 9.36. The lowest BCUT2D eigenvalue weighted by molar-refractivity contribution is -0.136. The zero-order valence-electron chi connectivity index (χ0n) is 27.3. The Morgan fingerprint density at radius 1 is 0.604 bits per heavy atom. The number of rotatable bonds is 13. The van der Waals surface area contributed by atoms with Crippen LogP contribution in [0, 0.1) is 0 Å². The van der Waals surface area contributed by atoms with Crippen molar-refractivity contribution >= 4 is 13.2 Å². The number of methoxy groups -OCH3 is 2. The van der Waals surface area contributed by atoms with Crippen LogP contribution in [0.2, 0.25) is 5.82 Å². The fourth-order valence-corrected chi connectivity index (χ4v) is 7.01. The van der Waals surface area contributed by atoms with Crippen molar-refractivity contribution < 1.29 is 23.9 Å². The van der Waals surface area contributed by atoms with Gasteiger partial charge in [-0.25, -0.2) is 0 Å². The van der Waals surface area contributed by atoms with Crippen molar-refractivity contribution in [1.82, 2.24) is 0 Å². The Labute approximate surface area is 284 Å². The molecule has 0 saturated carbocycles. The molecule has 1 N–H and O–H groups in total. The Kier molecular flexibility index (Phi) is 10.5. The summed E-state index contributed by atoms with van der Waals surface area (Å²) in [5.41, 5.74) is 2.25. The first-order valence-corrected chi connectivity index (χ1v) is 16.3. The molecule has 0 bridgehead atoms. The molecule has 1 fully saturated rings. The fraction of sp³-hybridized carbons (Fsp3) is 0.190. The Bertz CT molecular complexity index is 1570. The normalized spacial score (nSPS) is 18.1. The molecule has 1 aliphatic rings. The maximum Gasteiger partial charge on any atom is 0.468 e. The Hall–Kier alpha value is -4.56. The SMILES string of the molecule is C=C[C@H](B1O[C@@H](C(OC)(c2ccccc2)c2ccccc2)[C@H](C(OC)(c2ccccc2)c2ccccc2)O1)[C@@H](O)/C=C/c1ccccc1. The van der Waals surface area contributed by atoms with Crippen LogP contribution < -0.4 is 0 Å². The van der Waals surface area contributed by atoms with Crippen LogP contribution in [0.15, 0.2) is 170 Å². The molecule has 1 heterocycles. The van der Waals surface area contributed by atoms with E-state index >= 15 is 0 Å². The van der Waals surface area contributed by atoms with Gasteiger partial charge in [0.05, 0.1) is 6.10 Å². The lowest BCUT2D eigenvalue weighted by Gasteiger charge is -2.47. The summed E-state index contributed by atoms with van der Waals surface area (Å²) in [6.45, 7) is 4.11. The summed E-state index contributed by atoms with van der Waals surface area (Å²) in [5, 5.41) is 11.6. The molecule has 1 aliphatic heterocycles. The molecule has 0 aliphatic carbocycles. The third kappa shape index (κ3) is 6.21. The van der Waals surface area contributed by atoms with Crippen LogP contribution in [-0.4, -0.2) is 44.8 Å². The van der Waals surface area contributed by atoms with Gasteiger partial charge >= 0.3 is 7.12 Å². The summed E-state index contributed by atoms with van der Waals surface area (Å²) in [7, 11) is 2.50. The Morgan fingerprint density at radius 3 is 1.25 bits per heavy atom. The van der Waals surface area contributed by atoms with Gasteiger partial charge in [0, 0.05) is 20.0 Å². The summed E-state index contributed by atoms with van der Waals surface area (Å²) in [5.74, 6) is -0.625. The summed E-state index contributed by atoms with van der Waals surface area (Å²) < 4.78 is 27.6. The van der Waals surface area contributed by atoms with Crippen molar-refractivity contribution in [1.29, 1.82) is 0 Å². The van der Waals surface area contributed by atoms with E-state index in [1.807, 2.05) is 158 Å². The molecule has 5 aromatic carbocycles. The number of ether oxygens (including phenoxy) is 2. The monoisotopic (exact) mass is 636 g/mol. The first kappa shape index (κ1) is 33.3. The standard InChI is InChI=1S/C42H41BO5/c1-4-37(38(44)31-30-32-20-10-5-11-21-32)43-47-39(41(45-2,33-22-12-6-13-23-33)34-24-14-7-15-25-34)40(48-43)42(46-3,35-26-16-8-17-27-35)36-28-18-9-19-29-36/h4-31,37-40,44H,1H2,2-3H3/b31-30+/t37-,38-,39+,40+/m0/s1. The van der Waals surface area contributed by atoms with E-state index in [4.69, 9.17) is 18.8 Å². The smallest absolute Gasteiger partial charge is 0.401 e. The van der Waals surface area contributed by atoms with Crippen molar-refractivity contribution in [2.24, 2.45) is 0 Å². The van der Waals surface area contributed by atoms with Crippen molar-refractivity contribution in [3.05, 3.63) is 198 Å². The van der Waals surface area contributed by atoms with Gasteiger partial charge in [-0.05, 0) is 27.8 Å². The van der Waals surface area contributed by atoms with E-state index in [0.29, 0.717) is 0 Å². The second-order valence-corrected chi connectivity index (χ2v) is 11.9. The molecule has 0 amide bonds. The van der Waals surface area contributed by atoms with Crippen molar-refractivity contribution in [2.75, 3.05) is 14.2 Å². The minimum atomic E-state index is -1.15. The maximum absolute atomic E-state index is 11.6. The first-order chi connectivity index (χ1) is 23.6. The summed E-state index contributed by atoms with van der Waals surface area (Å²) in [6, 6.07) is 50.2. The molecule has 4 atom stereocenters. The van der Waals surface area contributed by atoms with Crippen LogP contribution in [0.25, 0.3) is 6.08 Å². The molecule has 48 heavy (non-hydrogen) atoms. The first-order valence-electron chi connectivity index (χ1n) is 16.3. The van der Waals surface area contributed by atoms with Crippen molar-refractivity contribution in [2.45, 2.75) is 35.3 Å². The van der Waals surface area contributed by atoms with Crippen LogP contribution in [0.4, 0.5) is 0 Å². The molecule has 1 saturated heterocycles. The minimum Gasteiger partial charge on any atom is -0.401 e. The van der Waals surface area contributed by atoms with Crippen LogP contribution >= 0.6 is 0 Å². The molecule has 0 spiro atoms. The topological polar surface area (TPSA) is 57.2 Å². The molecule has 6 rings (SSSR count). The average molecular weight is 637 g/mol. The number of hydrogen-bond acceptors (Lipinski definition) is 5. The molecule has 0 unspecified atom stereocenters. The summed E-state index contributed by atoms with van der Waals surface area (Å²) in [6.07, 6.45) is 2.85. The van der Waals surface area contributed by atoms with Crippen LogP contribution in [0.3, 0.4) is 0 Å². The van der Waals surface area contributed by atoms with E-state index in [0.717, 1.165) is 27.8 Å². The van der Waals surface area contributed by atoms with Gasteiger partial charge in [-0.1, -0.05) is 170 Å². The molecule has 5 nitrogen and oxygen atoms in total. The summed E-state index contributed by atoms with van der Waals surface area (Å²) >= 11 is 0. The van der Waals surface area contributed by atoms with Gasteiger partial charge in [-0.2, -0.15) is 0 Å². The average Bonchev–Trinajstić information content (AvgIpc) is 3.59. The van der Waals surface area contributed by atoms with Crippen molar-refractivity contribution in [3.8, 4) is 0 Å². The second kappa shape index (κ2) is 15.1. The van der Waals surface area contributed by atoms with Gasteiger partial charge in [0.25, 0.3) is 0 Å². The predicted octanol–water partition coefficient (Wildman–Crippen LogP) is 8.07. The van der Waals surface area contributed by atoms with Crippen LogP contribution in [0.1, 0.15) is 27.8 Å². The molecular formula is C42H41BO5. The van der Waals surface area contributed by atoms with E-state index in [1.54, 1.807) is 26.4 Å². The highest BCUT2D eigenvalue weighted by Gasteiger charge is 2.63. The molecular weight excluding hydrogens is 595 g/mol. The van der Waals surface area contributed by atoms with E-state index < -0.39 is 42.4 Å². The second-order valence-electron chi connectivity index (χ2n) is 11.9. The van der Waals surface area contributed by atoms with Crippen LogP contribution in [0.5, 0.6) is 0 Å². The zero-order valence-corrected chi connectivity index (χ0v) is 27.3. The molecule has 0 aromatic heterocycles. The molecule has 5 aromatic rings. The van der Waals surface area contributed by atoms with Gasteiger partial charge < -0.3 is 23.9 Å². The lowest BCUT2D eigenvalue weighted by Crippen LogP contribution is -2.56. The highest BCUT2D eigenvalue weighted by Crippen LogP contribution is 2.51. The molecule has 242 valence electrons. The van der Waals surface area contributed by atoms with Gasteiger partial charge in [0.2, 0.25) is 0 Å². The van der Waals surface area contributed by atoms with Crippen LogP contribution in [-0.2, 0) is 30.0 Å². The predicted molar refractivity (Wildman–Crippen MR) is 192 cm³/mol. The van der Waals surface area contributed by atoms with Gasteiger partial charge in [0.15, 0.2) is 0 Å². The summed E-state index contributed by atoms with van der Waals surface area (Å²) in [4.78, 5) is 0. The highest BCUT2D eigenvalue weighted by atomic mass is 16.7. The number of aliphatic hydroxyl groups excluding tert-OH is 1. The largest absolute Gasteiger partial charge is 0.468 e. The van der Waals surface area contributed by atoms with E-state index in [2.05, 4.69) is 6.58 Å². The Morgan fingerprint density at radius 2 is 0.938 bits per heavy atom. The molecule has 6 heteroatoms. The van der Waals surface area contributed by atoms with Gasteiger partial charge in [-0.3, -0.25) is 0 Å². The Balaban J connectivity index is 1.56. The van der Waals surface area contributed by atoms with Gasteiger partial charge in [-0.15, -0.1) is 6.58 Å². The minimum absolute atomic E-state index is 0.625. The third-order valence-corrected chi connectivity index (χ3v) is 9.36.